The normalized spacial score (nSPS) is 20.6. The van der Waals surface area contributed by atoms with E-state index in [1.54, 1.807) is 16.6 Å². The minimum Gasteiger partial charge on any atom is -0.335 e. The molecule has 3 heterocycles. The highest BCUT2D eigenvalue weighted by molar-refractivity contribution is 9.10. The quantitative estimate of drug-likeness (QED) is 0.757. The smallest absolute Gasteiger partial charge is 0.324 e. The molecule has 130 valence electrons. The van der Waals surface area contributed by atoms with Crippen LogP contribution in [0.1, 0.15) is 16.9 Å². The van der Waals surface area contributed by atoms with E-state index < -0.39 is 0 Å². The van der Waals surface area contributed by atoms with Crippen molar-refractivity contribution in [1.29, 1.82) is 0 Å². The van der Waals surface area contributed by atoms with Gasteiger partial charge in [-0.05, 0) is 24.6 Å². The Kier molecular flexibility index (Phi) is 3.75. The summed E-state index contributed by atoms with van der Waals surface area (Å²) < 4.78 is 2.48. The topological polar surface area (TPSA) is 87.5 Å². The number of hydrogen-bond donors (Lipinski definition) is 1. The molecule has 0 spiro atoms. The Morgan fingerprint density at radius 2 is 2.16 bits per heavy atom. The lowest BCUT2D eigenvalue weighted by molar-refractivity contribution is -0.126. The fourth-order valence-corrected chi connectivity index (χ4v) is 3.87. The van der Waals surface area contributed by atoms with E-state index in [-0.39, 0.29) is 30.4 Å². The Balaban J connectivity index is 1.59. The number of carbonyl (C=O) groups excluding carboxylic acids is 3. The van der Waals surface area contributed by atoms with Crippen molar-refractivity contribution in [3.63, 3.8) is 0 Å². The van der Waals surface area contributed by atoms with E-state index in [9.17, 15) is 14.4 Å². The number of likely N-dealkylation sites (tertiary alicyclic amines) is 1. The molecule has 8 nitrogen and oxygen atoms in total. The molecule has 1 atom stereocenters. The number of benzene rings is 1. The molecule has 0 aliphatic carbocycles. The van der Waals surface area contributed by atoms with Crippen LogP contribution in [-0.2, 0) is 11.8 Å². The number of hydrogen-bond acceptors (Lipinski definition) is 4. The third-order valence-electron chi connectivity index (χ3n) is 4.69. The van der Waals surface area contributed by atoms with Gasteiger partial charge in [0.1, 0.15) is 5.69 Å². The van der Waals surface area contributed by atoms with Gasteiger partial charge < -0.3 is 10.2 Å². The average Bonchev–Trinajstić information content (AvgIpc) is 3.24. The summed E-state index contributed by atoms with van der Waals surface area (Å²) in [5.74, 6) is -0.373. The number of urea groups is 1. The Labute approximate surface area is 151 Å². The molecule has 1 aromatic heterocycles. The van der Waals surface area contributed by atoms with Crippen LogP contribution in [0.25, 0.3) is 10.9 Å². The van der Waals surface area contributed by atoms with Gasteiger partial charge in [-0.15, -0.1) is 0 Å². The van der Waals surface area contributed by atoms with E-state index in [1.165, 1.54) is 4.90 Å². The maximum absolute atomic E-state index is 13.0. The molecule has 1 N–H and O–H groups in total. The zero-order chi connectivity index (χ0) is 17.7. The van der Waals surface area contributed by atoms with Gasteiger partial charge in [-0.3, -0.25) is 19.2 Å². The summed E-state index contributed by atoms with van der Waals surface area (Å²) in [5.41, 5.74) is 1.26. The van der Waals surface area contributed by atoms with Crippen molar-refractivity contribution >= 4 is 44.7 Å². The van der Waals surface area contributed by atoms with Gasteiger partial charge in [0, 0.05) is 30.0 Å². The Morgan fingerprint density at radius 1 is 1.36 bits per heavy atom. The van der Waals surface area contributed by atoms with Crippen molar-refractivity contribution in [2.75, 3.05) is 19.6 Å². The summed E-state index contributed by atoms with van der Waals surface area (Å²) in [6.45, 7) is 0.884. The monoisotopic (exact) mass is 405 g/mol. The third kappa shape index (κ3) is 2.58. The second kappa shape index (κ2) is 5.83. The number of fused-ring (bicyclic) bond motifs is 1. The lowest BCUT2D eigenvalue weighted by atomic mass is 10.2. The van der Waals surface area contributed by atoms with E-state index in [1.807, 2.05) is 18.2 Å². The van der Waals surface area contributed by atoms with Crippen molar-refractivity contribution in [2.45, 2.75) is 12.5 Å². The van der Waals surface area contributed by atoms with Gasteiger partial charge in [0.15, 0.2) is 0 Å². The van der Waals surface area contributed by atoms with Gasteiger partial charge >= 0.3 is 6.03 Å². The molecule has 9 heteroatoms. The van der Waals surface area contributed by atoms with Gasteiger partial charge in [-0.25, -0.2) is 4.79 Å². The minimum absolute atomic E-state index is 0.0323. The summed E-state index contributed by atoms with van der Waals surface area (Å²) in [6, 6.07) is 4.96. The predicted octanol–water partition coefficient (Wildman–Crippen LogP) is 1.10. The second-order valence-electron chi connectivity index (χ2n) is 6.25. The van der Waals surface area contributed by atoms with Gasteiger partial charge in [-0.2, -0.15) is 5.10 Å². The van der Waals surface area contributed by atoms with Gasteiger partial charge in [-0.1, -0.05) is 15.9 Å². The summed E-state index contributed by atoms with van der Waals surface area (Å²) in [6.07, 6.45) is 0.590. The van der Waals surface area contributed by atoms with Crippen molar-refractivity contribution in [1.82, 2.24) is 24.9 Å². The zero-order valence-corrected chi connectivity index (χ0v) is 15.1. The molecular formula is C16H16BrN5O3. The Hall–Kier alpha value is -2.42. The first-order chi connectivity index (χ1) is 12.0. The average molecular weight is 406 g/mol. The largest absolute Gasteiger partial charge is 0.335 e. The van der Waals surface area contributed by atoms with Gasteiger partial charge in [0.2, 0.25) is 5.91 Å². The van der Waals surface area contributed by atoms with Crippen molar-refractivity contribution < 1.29 is 14.4 Å². The van der Waals surface area contributed by atoms with E-state index in [2.05, 4.69) is 26.3 Å². The molecule has 0 radical (unpaired) electrons. The summed E-state index contributed by atoms with van der Waals surface area (Å²) in [5, 5.41) is 7.71. The first-order valence-corrected chi connectivity index (χ1v) is 8.76. The van der Waals surface area contributed by atoms with Gasteiger partial charge in [0.05, 0.1) is 18.1 Å². The zero-order valence-electron chi connectivity index (χ0n) is 13.5. The first-order valence-electron chi connectivity index (χ1n) is 7.97. The molecule has 1 unspecified atom stereocenters. The molecule has 1 aromatic carbocycles. The number of carbonyl (C=O) groups is 3. The van der Waals surface area contributed by atoms with Crippen LogP contribution in [0.5, 0.6) is 0 Å². The molecule has 2 fully saturated rings. The van der Waals surface area contributed by atoms with E-state index in [0.29, 0.717) is 25.2 Å². The summed E-state index contributed by atoms with van der Waals surface area (Å²) >= 11 is 3.41. The number of amides is 4. The Bertz CT molecular complexity index is 893. The maximum atomic E-state index is 13.0. The molecule has 0 bridgehead atoms. The van der Waals surface area contributed by atoms with Gasteiger partial charge in [0.25, 0.3) is 5.91 Å². The van der Waals surface area contributed by atoms with E-state index >= 15 is 0 Å². The van der Waals surface area contributed by atoms with Crippen LogP contribution in [-0.4, -0.2) is 63.1 Å². The number of nitrogens with one attached hydrogen (secondary N) is 1. The molecule has 2 aliphatic rings. The lowest BCUT2D eigenvalue weighted by Gasteiger charge is -2.21. The predicted molar refractivity (Wildman–Crippen MR) is 93.0 cm³/mol. The highest BCUT2D eigenvalue weighted by Crippen LogP contribution is 2.25. The van der Waals surface area contributed by atoms with Crippen LogP contribution >= 0.6 is 15.9 Å². The molecule has 0 saturated carbocycles. The lowest BCUT2D eigenvalue weighted by Crippen LogP contribution is -2.43. The van der Waals surface area contributed by atoms with Crippen LogP contribution in [0, 0.1) is 0 Å². The fourth-order valence-electron chi connectivity index (χ4n) is 3.52. The number of halogens is 1. The van der Waals surface area contributed by atoms with Crippen molar-refractivity contribution in [3.8, 4) is 0 Å². The number of aryl methyl sites for hydroxylation is 1. The number of imide groups is 1. The highest BCUT2D eigenvalue weighted by Gasteiger charge is 2.40. The molecule has 25 heavy (non-hydrogen) atoms. The summed E-state index contributed by atoms with van der Waals surface area (Å²) in [7, 11) is 1.74. The van der Waals surface area contributed by atoms with Crippen molar-refractivity contribution in [2.24, 2.45) is 7.05 Å². The minimum atomic E-state index is -0.375. The van der Waals surface area contributed by atoms with Crippen LogP contribution in [0.3, 0.4) is 0 Å². The highest BCUT2D eigenvalue weighted by atomic mass is 79.9. The molecule has 4 amide bonds. The van der Waals surface area contributed by atoms with Crippen molar-refractivity contribution in [3.05, 3.63) is 28.4 Å². The van der Waals surface area contributed by atoms with Crippen LogP contribution in [0.4, 0.5) is 4.79 Å². The molecule has 2 saturated heterocycles. The first kappa shape index (κ1) is 16.1. The number of aromatic nitrogens is 2. The molecule has 2 aliphatic heterocycles. The molecular weight excluding hydrogens is 390 g/mol. The van der Waals surface area contributed by atoms with E-state index in [4.69, 9.17) is 0 Å². The number of nitrogens with zero attached hydrogens (tertiary/aromatic N) is 4. The maximum Gasteiger partial charge on any atom is 0.324 e. The van der Waals surface area contributed by atoms with Crippen LogP contribution in [0.2, 0.25) is 0 Å². The fraction of sp³-hybridized carbons (Fsp3) is 0.375. The van der Waals surface area contributed by atoms with Crippen LogP contribution < -0.4 is 5.32 Å². The number of rotatable bonds is 2. The Morgan fingerprint density at radius 3 is 2.88 bits per heavy atom. The SMILES string of the molecule is Cn1nc2cc(Br)ccc2c1C(=O)N1CCC(N2C(=O)CNC2=O)C1. The van der Waals surface area contributed by atoms with Crippen LogP contribution in [0.15, 0.2) is 22.7 Å². The second-order valence-corrected chi connectivity index (χ2v) is 7.17. The van der Waals surface area contributed by atoms with E-state index in [0.717, 1.165) is 15.4 Å². The molecule has 2 aromatic rings. The molecule has 4 rings (SSSR count). The standard InChI is InChI=1S/C16H16BrN5O3/c1-20-14(11-3-2-9(17)6-12(11)19-20)15(24)21-5-4-10(8-21)22-13(23)7-18-16(22)25/h2-3,6,10H,4-5,7-8H2,1H3,(H,18,25). The third-order valence-corrected chi connectivity index (χ3v) is 5.19. The summed E-state index contributed by atoms with van der Waals surface area (Å²) in [4.78, 5) is 39.6.